The fraction of sp³-hybridized carbons (Fsp3) is 0.812. The fourth-order valence-corrected chi connectivity index (χ4v) is 2.08. The van der Waals surface area contributed by atoms with Gasteiger partial charge in [0.05, 0.1) is 26.4 Å². The smallest absolute Gasteiger partial charge is 0.191 e. The molecule has 0 atom stereocenters. The van der Waals surface area contributed by atoms with Crippen LogP contribution in [0.15, 0.2) is 16.6 Å². The lowest BCUT2D eigenvalue weighted by molar-refractivity contribution is 0.0702. The molecule has 0 aromatic carbocycles. The second-order valence-electron chi connectivity index (χ2n) is 5.08. The van der Waals surface area contributed by atoms with E-state index in [9.17, 15) is 0 Å². The van der Waals surface area contributed by atoms with E-state index in [2.05, 4.69) is 28.6 Å². The lowest BCUT2D eigenvalue weighted by atomic mass is 10.1. The maximum atomic E-state index is 5.42. The Balaban J connectivity index is 0.00000484. The van der Waals surface area contributed by atoms with Crippen LogP contribution in [-0.4, -0.2) is 65.7 Å². The zero-order chi connectivity index (χ0) is 15.9. The molecule has 23 heavy (non-hydrogen) atoms. The van der Waals surface area contributed by atoms with Gasteiger partial charge < -0.3 is 24.8 Å². The van der Waals surface area contributed by atoms with Crippen LogP contribution >= 0.6 is 24.0 Å². The van der Waals surface area contributed by atoms with Crippen LogP contribution in [-0.2, 0) is 14.2 Å². The second-order valence-corrected chi connectivity index (χ2v) is 5.08. The number of hydrogen-bond donors (Lipinski definition) is 2. The largest absolute Gasteiger partial charge is 0.382 e. The average molecular weight is 441 g/mol. The first-order valence-electron chi connectivity index (χ1n) is 8.21. The number of hydrogen-bond acceptors (Lipinski definition) is 4. The number of nitrogens with zero attached hydrogens (tertiary/aromatic N) is 1. The maximum Gasteiger partial charge on any atom is 0.191 e. The van der Waals surface area contributed by atoms with Gasteiger partial charge in [0.25, 0.3) is 0 Å². The highest BCUT2D eigenvalue weighted by molar-refractivity contribution is 14.0. The van der Waals surface area contributed by atoms with Crippen molar-refractivity contribution < 1.29 is 14.2 Å². The molecule has 7 heteroatoms. The minimum absolute atomic E-state index is 0. The van der Waals surface area contributed by atoms with Gasteiger partial charge in [0, 0.05) is 33.4 Å². The summed E-state index contributed by atoms with van der Waals surface area (Å²) in [4.78, 5) is 4.55. The summed E-state index contributed by atoms with van der Waals surface area (Å²) in [6.07, 6.45) is 5.21. The van der Waals surface area contributed by atoms with E-state index in [-0.39, 0.29) is 24.0 Å². The van der Waals surface area contributed by atoms with Gasteiger partial charge in [-0.15, -0.1) is 24.0 Å². The molecule has 0 fully saturated rings. The Morgan fingerprint density at radius 1 is 1.30 bits per heavy atom. The molecule has 1 aliphatic rings. The van der Waals surface area contributed by atoms with E-state index in [1.165, 1.54) is 5.57 Å². The molecule has 1 heterocycles. The Morgan fingerprint density at radius 2 is 2.17 bits per heavy atom. The van der Waals surface area contributed by atoms with Gasteiger partial charge in [0.15, 0.2) is 5.96 Å². The molecule has 0 radical (unpaired) electrons. The first-order chi connectivity index (χ1) is 10.9. The van der Waals surface area contributed by atoms with Crippen LogP contribution in [0.5, 0.6) is 0 Å². The van der Waals surface area contributed by atoms with Crippen LogP contribution in [0.1, 0.15) is 26.2 Å². The average Bonchev–Trinajstić information content (AvgIpc) is 2.55. The highest BCUT2D eigenvalue weighted by Gasteiger charge is 2.04. The summed E-state index contributed by atoms with van der Waals surface area (Å²) in [5.74, 6) is 0.882. The van der Waals surface area contributed by atoms with Crippen molar-refractivity contribution in [2.75, 3.05) is 59.8 Å². The van der Waals surface area contributed by atoms with E-state index >= 15 is 0 Å². The van der Waals surface area contributed by atoms with Crippen molar-refractivity contribution in [1.82, 2.24) is 10.6 Å². The lowest BCUT2D eigenvalue weighted by Gasteiger charge is -2.15. The third-order valence-electron chi connectivity index (χ3n) is 3.29. The van der Waals surface area contributed by atoms with Crippen molar-refractivity contribution in [2.45, 2.75) is 26.2 Å². The number of nitrogens with one attached hydrogen (secondary N) is 2. The zero-order valence-electron chi connectivity index (χ0n) is 14.4. The molecule has 0 aromatic rings. The third kappa shape index (κ3) is 12.7. The molecule has 0 aliphatic carbocycles. The lowest BCUT2D eigenvalue weighted by Crippen LogP contribution is -2.38. The summed E-state index contributed by atoms with van der Waals surface area (Å²) in [6.45, 7) is 8.24. The normalized spacial score (nSPS) is 14.9. The Bertz CT molecular complexity index is 339. The molecule has 0 bridgehead atoms. The van der Waals surface area contributed by atoms with Gasteiger partial charge in [-0.2, -0.15) is 0 Å². The highest BCUT2D eigenvalue weighted by Crippen LogP contribution is 2.10. The summed E-state index contributed by atoms with van der Waals surface area (Å²) in [7, 11) is 1.68. The van der Waals surface area contributed by atoms with E-state index in [0.29, 0.717) is 13.2 Å². The summed E-state index contributed by atoms with van der Waals surface area (Å²) in [5.41, 5.74) is 1.47. The van der Waals surface area contributed by atoms with Gasteiger partial charge in [-0.25, -0.2) is 0 Å². The standard InChI is InChI=1S/C16H31N3O3.HI/c1-3-17-16(18-8-4-10-21-14-13-20-2)19-9-5-15-6-11-22-12-7-15;/h6H,3-5,7-14H2,1-2H3,(H2,17,18,19);1H. The quantitative estimate of drug-likeness (QED) is 0.169. The molecular weight excluding hydrogens is 409 g/mol. The fourth-order valence-electron chi connectivity index (χ4n) is 2.08. The molecule has 136 valence electrons. The van der Waals surface area contributed by atoms with Crippen LogP contribution in [0.2, 0.25) is 0 Å². The van der Waals surface area contributed by atoms with Gasteiger partial charge in [0.2, 0.25) is 0 Å². The second kappa shape index (κ2) is 16.5. The third-order valence-corrected chi connectivity index (χ3v) is 3.29. The van der Waals surface area contributed by atoms with Crippen molar-refractivity contribution in [1.29, 1.82) is 0 Å². The predicted molar refractivity (Wildman–Crippen MR) is 105 cm³/mol. The summed E-state index contributed by atoms with van der Waals surface area (Å²) >= 11 is 0. The molecule has 0 unspecified atom stereocenters. The number of aliphatic imine (C=N–C) groups is 1. The first kappa shape index (κ1) is 22.6. The topological polar surface area (TPSA) is 64.1 Å². The number of methoxy groups -OCH3 is 1. The minimum Gasteiger partial charge on any atom is -0.382 e. The maximum absolute atomic E-state index is 5.42. The number of halogens is 1. The Kier molecular flexibility index (Phi) is 16.2. The Morgan fingerprint density at radius 3 is 2.87 bits per heavy atom. The van der Waals surface area contributed by atoms with Crippen LogP contribution in [0.25, 0.3) is 0 Å². The van der Waals surface area contributed by atoms with Crippen molar-refractivity contribution in [3.8, 4) is 0 Å². The molecule has 0 amide bonds. The monoisotopic (exact) mass is 441 g/mol. The van der Waals surface area contributed by atoms with Crippen molar-refractivity contribution >= 4 is 29.9 Å². The molecule has 6 nitrogen and oxygen atoms in total. The van der Waals surface area contributed by atoms with Gasteiger partial charge in [-0.05, 0) is 26.2 Å². The molecule has 1 aliphatic heterocycles. The first-order valence-corrected chi connectivity index (χ1v) is 8.21. The molecule has 0 saturated carbocycles. The van der Waals surface area contributed by atoms with E-state index in [0.717, 1.165) is 64.7 Å². The molecule has 1 rings (SSSR count). The van der Waals surface area contributed by atoms with Crippen LogP contribution in [0.3, 0.4) is 0 Å². The van der Waals surface area contributed by atoms with E-state index < -0.39 is 0 Å². The van der Waals surface area contributed by atoms with Crippen LogP contribution in [0.4, 0.5) is 0 Å². The van der Waals surface area contributed by atoms with Crippen LogP contribution in [0, 0.1) is 0 Å². The van der Waals surface area contributed by atoms with Crippen LogP contribution < -0.4 is 10.6 Å². The van der Waals surface area contributed by atoms with Gasteiger partial charge in [-0.3, -0.25) is 4.99 Å². The van der Waals surface area contributed by atoms with Crippen molar-refractivity contribution in [3.05, 3.63) is 11.6 Å². The summed E-state index contributed by atoms with van der Waals surface area (Å²) in [5, 5.41) is 6.64. The molecule has 0 spiro atoms. The molecular formula is C16H32IN3O3. The zero-order valence-corrected chi connectivity index (χ0v) is 16.8. The van der Waals surface area contributed by atoms with Gasteiger partial charge in [0.1, 0.15) is 0 Å². The molecule has 0 saturated heterocycles. The van der Waals surface area contributed by atoms with Crippen molar-refractivity contribution in [3.63, 3.8) is 0 Å². The van der Waals surface area contributed by atoms with Gasteiger partial charge in [-0.1, -0.05) is 11.6 Å². The van der Waals surface area contributed by atoms with E-state index in [1.54, 1.807) is 7.11 Å². The Hall–Kier alpha value is -0.380. The van der Waals surface area contributed by atoms with E-state index in [4.69, 9.17) is 14.2 Å². The SMILES string of the molecule is CCNC(=NCCCOCCOC)NCCC1=CCOCC1.I. The van der Waals surface area contributed by atoms with Gasteiger partial charge >= 0.3 is 0 Å². The number of guanidine groups is 1. The summed E-state index contributed by atoms with van der Waals surface area (Å²) in [6, 6.07) is 0. The number of rotatable bonds is 11. The van der Waals surface area contributed by atoms with E-state index in [1.807, 2.05) is 0 Å². The number of ether oxygens (including phenoxy) is 3. The minimum atomic E-state index is 0. The Labute approximate surface area is 157 Å². The molecule has 2 N–H and O–H groups in total. The summed E-state index contributed by atoms with van der Waals surface area (Å²) < 4.78 is 15.7. The molecule has 0 aromatic heterocycles. The highest BCUT2D eigenvalue weighted by atomic mass is 127. The predicted octanol–water partition coefficient (Wildman–Crippen LogP) is 1.95. The van der Waals surface area contributed by atoms with Crippen molar-refractivity contribution in [2.24, 2.45) is 4.99 Å².